The molecule has 0 saturated heterocycles. The van der Waals surface area contributed by atoms with E-state index in [0.717, 1.165) is 42.9 Å². The first-order valence-electron chi connectivity index (χ1n) is 6.55. The van der Waals surface area contributed by atoms with E-state index in [1.54, 1.807) is 0 Å². The van der Waals surface area contributed by atoms with Gasteiger partial charge < -0.3 is 10.2 Å². The minimum atomic E-state index is 0.119. The predicted octanol–water partition coefficient (Wildman–Crippen LogP) is 3.19. The molecule has 1 aliphatic rings. The third-order valence-electron chi connectivity index (χ3n) is 3.16. The number of hydrogen-bond acceptors (Lipinski definition) is 2. The molecule has 96 valence electrons. The molecule has 1 N–H and O–H groups in total. The highest BCUT2D eigenvalue weighted by Gasteiger charge is 2.21. The van der Waals surface area contributed by atoms with Crippen molar-refractivity contribution in [2.45, 2.75) is 26.7 Å². The fourth-order valence-electron chi connectivity index (χ4n) is 2.26. The van der Waals surface area contributed by atoms with Gasteiger partial charge in [0.15, 0.2) is 0 Å². The van der Waals surface area contributed by atoms with Crippen molar-refractivity contribution in [2.24, 2.45) is 0 Å². The molecule has 0 saturated carbocycles. The number of fused-ring (bicyclic) bond motifs is 1. The molecule has 3 nitrogen and oxygen atoms in total. The smallest absolute Gasteiger partial charge is 0.253 e. The molecule has 2 rings (SSSR count). The van der Waals surface area contributed by atoms with Crippen LogP contribution in [0.25, 0.3) is 0 Å². The number of carbonyl (C=O) groups is 1. The molecule has 0 atom stereocenters. The van der Waals surface area contributed by atoms with Gasteiger partial charge in [-0.2, -0.15) is 0 Å². The highest BCUT2D eigenvalue weighted by molar-refractivity contribution is 6.07. The van der Waals surface area contributed by atoms with Gasteiger partial charge in [0.2, 0.25) is 0 Å². The fourth-order valence-corrected chi connectivity index (χ4v) is 2.26. The summed E-state index contributed by atoms with van der Waals surface area (Å²) in [6, 6.07) is 8.00. The quantitative estimate of drug-likeness (QED) is 0.810. The van der Waals surface area contributed by atoms with Gasteiger partial charge in [0.05, 0.1) is 11.4 Å². The lowest BCUT2D eigenvalue weighted by molar-refractivity contribution is -0.115. The number of benzene rings is 1. The lowest BCUT2D eigenvalue weighted by Gasteiger charge is -2.22. The Kier molecular flexibility index (Phi) is 4.03. The monoisotopic (exact) mass is 244 g/mol. The summed E-state index contributed by atoms with van der Waals surface area (Å²) < 4.78 is 0. The van der Waals surface area contributed by atoms with E-state index in [1.165, 1.54) is 0 Å². The number of nitrogens with zero attached hydrogens (tertiary/aromatic N) is 1. The number of carbonyl (C=O) groups excluding carboxylic acids is 1. The van der Waals surface area contributed by atoms with Gasteiger partial charge in [0.25, 0.3) is 5.91 Å². The largest absolute Gasteiger partial charge is 0.383 e. The first-order valence-corrected chi connectivity index (χ1v) is 6.55. The minimum Gasteiger partial charge on any atom is -0.383 e. The van der Waals surface area contributed by atoms with Crippen molar-refractivity contribution in [3.05, 3.63) is 35.9 Å². The lowest BCUT2D eigenvalue weighted by atomic mass is 10.2. The van der Waals surface area contributed by atoms with Gasteiger partial charge in [-0.1, -0.05) is 25.1 Å². The van der Waals surface area contributed by atoms with Gasteiger partial charge in [-0.3, -0.25) is 4.79 Å². The highest BCUT2D eigenvalue weighted by atomic mass is 16.2. The van der Waals surface area contributed by atoms with Crippen LogP contribution in [-0.4, -0.2) is 19.0 Å². The second-order valence-electron chi connectivity index (χ2n) is 4.55. The van der Waals surface area contributed by atoms with Crippen molar-refractivity contribution in [3.63, 3.8) is 0 Å². The average Bonchev–Trinajstić information content (AvgIpc) is 2.60. The molecule has 0 bridgehead atoms. The van der Waals surface area contributed by atoms with Crippen LogP contribution in [-0.2, 0) is 4.79 Å². The molecular weight excluding hydrogens is 224 g/mol. The molecule has 0 fully saturated rings. The molecule has 0 unspecified atom stereocenters. The SMILES string of the molecule is CC/C=C(/C)C(=O)N1CCCNc2ccccc21. The van der Waals surface area contributed by atoms with Gasteiger partial charge in [-0.25, -0.2) is 0 Å². The number of allylic oxidation sites excluding steroid dienone is 1. The topological polar surface area (TPSA) is 32.3 Å². The molecule has 1 heterocycles. The second kappa shape index (κ2) is 5.71. The maximum atomic E-state index is 12.4. The summed E-state index contributed by atoms with van der Waals surface area (Å²) in [5.41, 5.74) is 2.87. The Morgan fingerprint density at radius 3 is 3.00 bits per heavy atom. The second-order valence-corrected chi connectivity index (χ2v) is 4.55. The Bertz CT molecular complexity index is 465. The van der Waals surface area contributed by atoms with E-state index in [-0.39, 0.29) is 5.91 Å². The van der Waals surface area contributed by atoms with E-state index < -0.39 is 0 Å². The van der Waals surface area contributed by atoms with E-state index in [1.807, 2.05) is 42.2 Å². The van der Waals surface area contributed by atoms with E-state index in [2.05, 4.69) is 12.2 Å². The molecule has 1 amide bonds. The van der Waals surface area contributed by atoms with Crippen LogP contribution in [0.1, 0.15) is 26.7 Å². The summed E-state index contributed by atoms with van der Waals surface area (Å²) in [5, 5.41) is 3.37. The van der Waals surface area contributed by atoms with Gasteiger partial charge in [0, 0.05) is 18.7 Å². The molecule has 18 heavy (non-hydrogen) atoms. The van der Waals surface area contributed by atoms with Crippen molar-refractivity contribution in [1.82, 2.24) is 0 Å². The maximum Gasteiger partial charge on any atom is 0.253 e. The zero-order valence-corrected chi connectivity index (χ0v) is 11.1. The zero-order valence-electron chi connectivity index (χ0n) is 11.1. The number of hydrogen-bond donors (Lipinski definition) is 1. The molecule has 1 aromatic carbocycles. The molecule has 3 heteroatoms. The van der Waals surface area contributed by atoms with Crippen LogP contribution in [0, 0.1) is 0 Å². The molecule has 0 aliphatic carbocycles. The number of rotatable bonds is 2. The highest BCUT2D eigenvalue weighted by Crippen LogP contribution is 2.28. The van der Waals surface area contributed by atoms with Crippen LogP contribution in [0.5, 0.6) is 0 Å². The molecule has 1 aromatic rings. The van der Waals surface area contributed by atoms with Crippen molar-refractivity contribution >= 4 is 17.3 Å². The van der Waals surface area contributed by atoms with Crippen LogP contribution >= 0.6 is 0 Å². The van der Waals surface area contributed by atoms with Gasteiger partial charge >= 0.3 is 0 Å². The fraction of sp³-hybridized carbons (Fsp3) is 0.400. The summed E-state index contributed by atoms with van der Waals surface area (Å²) >= 11 is 0. The van der Waals surface area contributed by atoms with Gasteiger partial charge in [-0.05, 0) is 31.9 Å². The lowest BCUT2D eigenvalue weighted by Crippen LogP contribution is -2.32. The number of amides is 1. The van der Waals surface area contributed by atoms with Gasteiger partial charge in [0.1, 0.15) is 0 Å². The Morgan fingerprint density at radius 1 is 1.44 bits per heavy atom. The third kappa shape index (κ3) is 2.55. The molecule has 0 radical (unpaired) electrons. The van der Waals surface area contributed by atoms with E-state index in [4.69, 9.17) is 0 Å². The maximum absolute atomic E-state index is 12.4. The van der Waals surface area contributed by atoms with Crippen molar-refractivity contribution < 1.29 is 4.79 Å². The van der Waals surface area contributed by atoms with Crippen LogP contribution < -0.4 is 10.2 Å². The van der Waals surface area contributed by atoms with Crippen molar-refractivity contribution in [2.75, 3.05) is 23.3 Å². The molecule has 1 aliphatic heterocycles. The molecule has 0 spiro atoms. The number of para-hydroxylation sites is 2. The van der Waals surface area contributed by atoms with Crippen LogP contribution in [0.3, 0.4) is 0 Å². The zero-order chi connectivity index (χ0) is 13.0. The van der Waals surface area contributed by atoms with Crippen LogP contribution in [0.15, 0.2) is 35.9 Å². The predicted molar refractivity (Wildman–Crippen MR) is 75.9 cm³/mol. The van der Waals surface area contributed by atoms with Crippen LogP contribution in [0.4, 0.5) is 11.4 Å². The van der Waals surface area contributed by atoms with Gasteiger partial charge in [-0.15, -0.1) is 0 Å². The standard InChI is InChI=1S/C15H20N2O/c1-3-7-12(2)15(18)17-11-6-10-16-13-8-4-5-9-14(13)17/h4-5,7-9,16H,3,6,10-11H2,1-2H3/b12-7-. The van der Waals surface area contributed by atoms with E-state index >= 15 is 0 Å². The minimum absolute atomic E-state index is 0.119. The first kappa shape index (κ1) is 12.7. The molecular formula is C15H20N2O. The summed E-state index contributed by atoms with van der Waals surface area (Å²) in [7, 11) is 0. The summed E-state index contributed by atoms with van der Waals surface area (Å²) in [6.07, 6.45) is 3.86. The normalized spacial score (nSPS) is 15.7. The molecule has 0 aromatic heterocycles. The van der Waals surface area contributed by atoms with Crippen LogP contribution in [0.2, 0.25) is 0 Å². The Hall–Kier alpha value is -1.77. The number of anilines is 2. The summed E-state index contributed by atoms with van der Waals surface area (Å²) in [4.78, 5) is 14.3. The van der Waals surface area contributed by atoms with Crippen molar-refractivity contribution in [1.29, 1.82) is 0 Å². The van der Waals surface area contributed by atoms with Crippen molar-refractivity contribution in [3.8, 4) is 0 Å². The Balaban J connectivity index is 2.33. The van der Waals surface area contributed by atoms with E-state index in [0.29, 0.717) is 0 Å². The number of nitrogens with one attached hydrogen (secondary N) is 1. The average molecular weight is 244 g/mol. The summed E-state index contributed by atoms with van der Waals surface area (Å²) in [6.45, 7) is 5.64. The summed E-state index contributed by atoms with van der Waals surface area (Å²) in [5.74, 6) is 0.119. The Labute approximate surface area is 108 Å². The first-order chi connectivity index (χ1) is 8.74. The third-order valence-corrected chi connectivity index (χ3v) is 3.16. The van der Waals surface area contributed by atoms with E-state index in [9.17, 15) is 4.79 Å². The Morgan fingerprint density at radius 2 is 2.22 bits per heavy atom.